The summed E-state index contributed by atoms with van der Waals surface area (Å²) in [5, 5.41) is 0. The van der Waals surface area contributed by atoms with Crippen LogP contribution in [0.15, 0.2) is 41.1 Å². The Kier molecular flexibility index (Phi) is 6.40. The normalized spacial score (nSPS) is 17.5. The molecule has 31 heavy (non-hydrogen) atoms. The van der Waals surface area contributed by atoms with E-state index in [1.165, 1.54) is 12.1 Å². The number of piperazine rings is 1. The SMILES string of the molecule is CC(C)(C)OC(=O)N1CCN(C(=O)c2ccc(CS(C)(=O)=O)o2)[C@@H](c2cccnc2)C1. The summed E-state index contributed by atoms with van der Waals surface area (Å²) in [7, 11) is -3.29. The molecule has 0 N–H and O–H groups in total. The quantitative estimate of drug-likeness (QED) is 0.706. The van der Waals surface area contributed by atoms with Crippen molar-refractivity contribution in [2.45, 2.75) is 38.2 Å². The topological polar surface area (TPSA) is 110 Å². The number of rotatable bonds is 4. The molecule has 1 aliphatic rings. The summed E-state index contributed by atoms with van der Waals surface area (Å²) in [4.78, 5) is 33.1. The van der Waals surface area contributed by atoms with Crippen molar-refractivity contribution in [2.75, 3.05) is 25.9 Å². The van der Waals surface area contributed by atoms with Gasteiger partial charge in [0.1, 0.15) is 17.1 Å². The highest BCUT2D eigenvalue weighted by atomic mass is 32.2. The molecule has 0 spiro atoms. The molecule has 2 amide bonds. The molecule has 1 atom stereocenters. The highest BCUT2D eigenvalue weighted by Gasteiger charge is 2.36. The molecule has 1 fully saturated rings. The lowest BCUT2D eigenvalue weighted by atomic mass is 10.0. The van der Waals surface area contributed by atoms with Crippen molar-refractivity contribution in [1.29, 1.82) is 0 Å². The third-order valence-corrected chi connectivity index (χ3v) is 5.45. The van der Waals surface area contributed by atoms with E-state index in [-0.39, 0.29) is 36.3 Å². The van der Waals surface area contributed by atoms with Crippen LogP contribution in [0.2, 0.25) is 0 Å². The smallest absolute Gasteiger partial charge is 0.410 e. The van der Waals surface area contributed by atoms with Crippen LogP contribution in [0.5, 0.6) is 0 Å². The Labute approximate surface area is 181 Å². The minimum Gasteiger partial charge on any atom is -0.455 e. The van der Waals surface area contributed by atoms with Crippen molar-refractivity contribution in [2.24, 2.45) is 0 Å². The molecule has 168 valence electrons. The number of sulfone groups is 1. The number of furan rings is 1. The fraction of sp³-hybridized carbons (Fsp3) is 0.476. The average molecular weight is 450 g/mol. The summed E-state index contributed by atoms with van der Waals surface area (Å²) in [6.45, 7) is 6.20. The van der Waals surface area contributed by atoms with E-state index in [0.29, 0.717) is 6.54 Å². The van der Waals surface area contributed by atoms with Gasteiger partial charge in [0.25, 0.3) is 5.91 Å². The van der Waals surface area contributed by atoms with Crippen LogP contribution in [0.3, 0.4) is 0 Å². The fourth-order valence-corrected chi connectivity index (χ4v) is 4.02. The summed E-state index contributed by atoms with van der Waals surface area (Å²) in [6.07, 6.45) is 3.95. The number of pyridine rings is 1. The van der Waals surface area contributed by atoms with Gasteiger partial charge in [0.05, 0.1) is 6.04 Å². The zero-order chi connectivity index (χ0) is 22.8. The van der Waals surface area contributed by atoms with E-state index in [1.54, 1.807) is 49.0 Å². The maximum absolute atomic E-state index is 13.2. The van der Waals surface area contributed by atoms with Gasteiger partial charge in [-0.05, 0) is 44.5 Å². The molecule has 2 aromatic heterocycles. The van der Waals surface area contributed by atoms with Gasteiger partial charge in [0.2, 0.25) is 0 Å². The average Bonchev–Trinajstić information content (AvgIpc) is 3.13. The molecular weight excluding hydrogens is 422 g/mol. The van der Waals surface area contributed by atoms with Crippen molar-refractivity contribution in [3.05, 3.63) is 53.7 Å². The van der Waals surface area contributed by atoms with E-state index in [0.717, 1.165) is 11.8 Å². The third-order valence-electron chi connectivity index (χ3n) is 4.64. The first-order valence-corrected chi connectivity index (χ1v) is 11.9. The lowest BCUT2D eigenvalue weighted by Gasteiger charge is -2.41. The molecule has 0 aromatic carbocycles. The predicted molar refractivity (Wildman–Crippen MR) is 113 cm³/mol. The molecular formula is C21H27N3O6S. The van der Waals surface area contributed by atoms with Crippen LogP contribution >= 0.6 is 0 Å². The van der Waals surface area contributed by atoms with Crippen LogP contribution in [0, 0.1) is 0 Å². The molecule has 3 rings (SSSR count). The lowest BCUT2D eigenvalue weighted by Crippen LogP contribution is -2.53. The highest BCUT2D eigenvalue weighted by molar-refractivity contribution is 7.89. The number of carbonyl (C=O) groups excluding carboxylic acids is 2. The van der Waals surface area contributed by atoms with Crippen molar-refractivity contribution in [3.8, 4) is 0 Å². The maximum Gasteiger partial charge on any atom is 0.410 e. The summed E-state index contributed by atoms with van der Waals surface area (Å²) >= 11 is 0. The Morgan fingerprint density at radius 2 is 1.97 bits per heavy atom. The summed E-state index contributed by atoms with van der Waals surface area (Å²) in [5.74, 6) is -0.398. The van der Waals surface area contributed by atoms with E-state index in [9.17, 15) is 18.0 Å². The first kappa shape index (κ1) is 22.8. The molecule has 1 aliphatic heterocycles. The van der Waals surface area contributed by atoms with Gasteiger partial charge in [0, 0.05) is 38.3 Å². The van der Waals surface area contributed by atoms with Gasteiger partial charge < -0.3 is 19.0 Å². The van der Waals surface area contributed by atoms with Gasteiger partial charge in [-0.3, -0.25) is 9.78 Å². The van der Waals surface area contributed by atoms with Crippen LogP contribution in [0.1, 0.15) is 48.7 Å². The molecule has 0 radical (unpaired) electrons. The number of ether oxygens (including phenoxy) is 1. The number of aromatic nitrogens is 1. The van der Waals surface area contributed by atoms with Gasteiger partial charge in [-0.2, -0.15) is 0 Å². The number of amides is 2. The zero-order valence-electron chi connectivity index (χ0n) is 18.1. The second-order valence-electron chi connectivity index (χ2n) is 8.56. The van der Waals surface area contributed by atoms with Crippen molar-refractivity contribution in [3.63, 3.8) is 0 Å². The van der Waals surface area contributed by atoms with Crippen LogP contribution < -0.4 is 0 Å². The van der Waals surface area contributed by atoms with Crippen LogP contribution in [-0.2, 0) is 20.3 Å². The molecule has 0 saturated carbocycles. The van der Waals surface area contributed by atoms with E-state index in [1.807, 2.05) is 6.07 Å². The van der Waals surface area contributed by atoms with Crippen molar-refractivity contribution >= 4 is 21.8 Å². The van der Waals surface area contributed by atoms with Crippen molar-refractivity contribution in [1.82, 2.24) is 14.8 Å². The summed E-state index contributed by atoms with van der Waals surface area (Å²) < 4.78 is 34.0. The molecule has 0 unspecified atom stereocenters. The minimum atomic E-state index is -3.29. The summed E-state index contributed by atoms with van der Waals surface area (Å²) in [6, 6.07) is 6.12. The molecule has 2 aromatic rings. The molecule has 3 heterocycles. The second kappa shape index (κ2) is 8.70. The summed E-state index contributed by atoms with van der Waals surface area (Å²) in [5.41, 5.74) is 0.143. The van der Waals surface area contributed by atoms with E-state index < -0.39 is 27.6 Å². The van der Waals surface area contributed by atoms with Crippen LogP contribution in [0.25, 0.3) is 0 Å². The first-order chi connectivity index (χ1) is 14.4. The first-order valence-electron chi connectivity index (χ1n) is 9.88. The Morgan fingerprint density at radius 3 is 2.58 bits per heavy atom. The van der Waals surface area contributed by atoms with Gasteiger partial charge in [-0.1, -0.05) is 6.07 Å². The Morgan fingerprint density at radius 1 is 1.23 bits per heavy atom. The van der Waals surface area contributed by atoms with Crippen LogP contribution in [0.4, 0.5) is 4.79 Å². The zero-order valence-corrected chi connectivity index (χ0v) is 18.9. The predicted octanol–water partition coefficient (Wildman–Crippen LogP) is 2.65. The Balaban J connectivity index is 1.84. The van der Waals surface area contributed by atoms with Gasteiger partial charge in [0.15, 0.2) is 15.6 Å². The van der Waals surface area contributed by atoms with Gasteiger partial charge in [-0.15, -0.1) is 0 Å². The number of carbonyl (C=O) groups is 2. The van der Waals surface area contributed by atoms with Crippen molar-refractivity contribution < 1.29 is 27.2 Å². The monoisotopic (exact) mass is 449 g/mol. The van der Waals surface area contributed by atoms with Gasteiger partial charge in [-0.25, -0.2) is 13.2 Å². The Hall–Kier alpha value is -2.88. The number of hydrogen-bond donors (Lipinski definition) is 0. The standard InChI is InChI=1S/C21H27N3O6S/c1-21(2,3)30-20(26)23-10-11-24(17(13-23)15-6-5-9-22-12-15)19(25)18-8-7-16(29-18)14-31(4,27)28/h5-9,12,17H,10-11,13-14H2,1-4H3/t17-/m1/s1. The van der Waals surface area contributed by atoms with Crippen LogP contribution in [-0.4, -0.2) is 66.7 Å². The maximum atomic E-state index is 13.2. The molecule has 0 bridgehead atoms. The number of hydrogen-bond acceptors (Lipinski definition) is 7. The van der Waals surface area contributed by atoms with Gasteiger partial charge >= 0.3 is 6.09 Å². The fourth-order valence-electron chi connectivity index (χ4n) is 3.35. The molecule has 9 nitrogen and oxygen atoms in total. The van der Waals surface area contributed by atoms with E-state index in [4.69, 9.17) is 9.15 Å². The molecule has 1 saturated heterocycles. The number of nitrogens with zero attached hydrogens (tertiary/aromatic N) is 3. The lowest BCUT2D eigenvalue weighted by molar-refractivity contribution is 0.00341. The third kappa shape index (κ3) is 6.06. The Bertz CT molecular complexity index is 1040. The van der Waals surface area contributed by atoms with E-state index in [2.05, 4.69) is 4.98 Å². The van der Waals surface area contributed by atoms with E-state index >= 15 is 0 Å². The molecule has 10 heteroatoms. The minimum absolute atomic E-state index is 0.0539. The highest BCUT2D eigenvalue weighted by Crippen LogP contribution is 2.28. The molecule has 0 aliphatic carbocycles. The second-order valence-corrected chi connectivity index (χ2v) is 10.7. The largest absolute Gasteiger partial charge is 0.455 e.